The number of nitrogens with zero attached hydrogens (tertiary/aromatic N) is 3. The smallest absolute Gasteiger partial charge is 0.352 e. The Hall–Kier alpha value is -2.77. The van der Waals surface area contributed by atoms with E-state index < -0.39 is 11.7 Å². The van der Waals surface area contributed by atoms with Gasteiger partial charge in [0.1, 0.15) is 5.82 Å². The molecule has 1 unspecified atom stereocenters. The van der Waals surface area contributed by atoms with Crippen LogP contribution < -0.4 is 10.2 Å². The second-order valence-corrected chi connectivity index (χ2v) is 8.62. The number of amides is 2. The first-order chi connectivity index (χ1) is 14.0. The number of carbonyl (C=O) groups is 1. The fourth-order valence-electron chi connectivity index (χ4n) is 3.57. The van der Waals surface area contributed by atoms with Crippen LogP contribution in [0.2, 0.25) is 0 Å². The van der Waals surface area contributed by atoms with Gasteiger partial charge in [-0.1, -0.05) is 32.9 Å². The van der Waals surface area contributed by atoms with Gasteiger partial charge < -0.3 is 15.1 Å². The van der Waals surface area contributed by atoms with Crippen molar-refractivity contribution in [2.75, 3.05) is 29.9 Å². The van der Waals surface area contributed by atoms with Crippen molar-refractivity contribution >= 4 is 17.5 Å². The summed E-state index contributed by atoms with van der Waals surface area (Å²) in [6, 6.07) is 9.48. The molecule has 0 saturated carbocycles. The molecular weight excluding hydrogens is 393 g/mol. The number of rotatable bonds is 2. The zero-order valence-electron chi connectivity index (χ0n) is 17.6. The average molecular weight is 420 g/mol. The van der Waals surface area contributed by atoms with E-state index in [0.29, 0.717) is 12.2 Å². The third-order valence-corrected chi connectivity index (χ3v) is 5.28. The minimum absolute atomic E-state index is 0.0219. The maximum absolute atomic E-state index is 13.3. The first-order valence-electron chi connectivity index (χ1n) is 9.92. The Labute approximate surface area is 174 Å². The van der Waals surface area contributed by atoms with Crippen molar-refractivity contribution in [2.45, 2.75) is 45.3 Å². The molecule has 0 radical (unpaired) electrons. The Kier molecular flexibility index (Phi) is 5.97. The molecule has 3 rings (SSSR count). The molecule has 1 fully saturated rings. The molecule has 2 heterocycles. The van der Waals surface area contributed by atoms with Gasteiger partial charge in [-0.25, -0.2) is 9.78 Å². The number of urea groups is 1. The summed E-state index contributed by atoms with van der Waals surface area (Å²) in [6.45, 7) is 9.04. The third-order valence-electron chi connectivity index (χ3n) is 5.28. The summed E-state index contributed by atoms with van der Waals surface area (Å²) in [5, 5.41) is 2.88. The van der Waals surface area contributed by atoms with Crippen LogP contribution >= 0.6 is 0 Å². The number of aromatic nitrogens is 1. The molecule has 1 saturated heterocycles. The van der Waals surface area contributed by atoms with Crippen LogP contribution in [-0.4, -0.2) is 41.6 Å². The molecule has 30 heavy (non-hydrogen) atoms. The number of piperazine rings is 1. The van der Waals surface area contributed by atoms with Gasteiger partial charge in [-0.2, -0.15) is 13.2 Å². The van der Waals surface area contributed by atoms with E-state index in [9.17, 15) is 18.0 Å². The summed E-state index contributed by atoms with van der Waals surface area (Å²) >= 11 is 0. The predicted octanol–water partition coefficient (Wildman–Crippen LogP) is 5.14. The molecule has 1 aliphatic heterocycles. The molecule has 1 aromatic heterocycles. The van der Waals surface area contributed by atoms with Crippen LogP contribution in [0.4, 0.5) is 29.5 Å². The number of nitrogens with one attached hydrogen (secondary N) is 1. The molecule has 2 aromatic rings. The molecule has 0 aliphatic carbocycles. The van der Waals surface area contributed by atoms with Gasteiger partial charge in [-0.3, -0.25) is 0 Å². The van der Waals surface area contributed by atoms with Crippen LogP contribution in [0.3, 0.4) is 0 Å². The van der Waals surface area contributed by atoms with Crippen LogP contribution in [0.25, 0.3) is 0 Å². The van der Waals surface area contributed by atoms with Gasteiger partial charge in [0.15, 0.2) is 0 Å². The van der Waals surface area contributed by atoms with E-state index in [0.717, 1.165) is 6.07 Å². The van der Waals surface area contributed by atoms with E-state index in [-0.39, 0.29) is 36.4 Å². The molecule has 1 atom stereocenters. The summed E-state index contributed by atoms with van der Waals surface area (Å²) in [5.74, 6) is -0.0883. The highest BCUT2D eigenvalue weighted by Gasteiger charge is 2.37. The molecule has 0 spiro atoms. The Morgan fingerprint density at radius 1 is 1.10 bits per heavy atom. The van der Waals surface area contributed by atoms with Crippen molar-refractivity contribution in [1.29, 1.82) is 0 Å². The number of hydrogen-bond acceptors (Lipinski definition) is 3. The second-order valence-electron chi connectivity index (χ2n) is 8.62. The number of benzene rings is 1. The Bertz CT molecular complexity index is 890. The van der Waals surface area contributed by atoms with Crippen molar-refractivity contribution in [1.82, 2.24) is 9.88 Å². The van der Waals surface area contributed by atoms with Gasteiger partial charge in [-0.05, 0) is 42.2 Å². The van der Waals surface area contributed by atoms with Crippen LogP contribution in [-0.2, 0) is 11.6 Å². The first-order valence-corrected chi connectivity index (χ1v) is 9.92. The number of carbonyl (C=O) groups excluding carboxylic acids is 1. The highest BCUT2D eigenvalue weighted by atomic mass is 19.4. The van der Waals surface area contributed by atoms with E-state index in [2.05, 4.69) is 31.1 Å². The molecular formula is C22H27F3N4O. The maximum Gasteiger partial charge on any atom is 0.419 e. The van der Waals surface area contributed by atoms with Crippen LogP contribution in [0.1, 0.15) is 38.8 Å². The lowest BCUT2D eigenvalue weighted by atomic mass is 9.87. The zero-order valence-corrected chi connectivity index (χ0v) is 17.6. The van der Waals surface area contributed by atoms with Crippen LogP contribution in [0, 0.1) is 0 Å². The number of anilines is 2. The summed E-state index contributed by atoms with van der Waals surface area (Å²) < 4.78 is 39.9. The molecule has 2 amide bonds. The molecule has 8 heteroatoms. The van der Waals surface area contributed by atoms with Crippen LogP contribution in [0.5, 0.6) is 0 Å². The quantitative estimate of drug-likeness (QED) is 0.732. The normalized spacial score (nSPS) is 17.8. The molecule has 1 aliphatic rings. The van der Waals surface area contributed by atoms with Gasteiger partial charge >= 0.3 is 12.2 Å². The standard InChI is InChI=1S/C22H27F3N4O/c1-15-14-28(19-18(22(23,24)25)6-5-11-26-19)12-13-29(15)20(30)27-17-9-7-16(8-10-17)21(2,3)4/h5-11,15H,12-14H2,1-4H3,(H,27,30). The number of halogens is 3. The van der Waals surface area contributed by atoms with Crippen molar-refractivity contribution in [3.8, 4) is 0 Å². The Morgan fingerprint density at radius 2 is 1.77 bits per heavy atom. The van der Waals surface area contributed by atoms with E-state index in [1.165, 1.54) is 17.8 Å². The van der Waals surface area contributed by atoms with E-state index in [4.69, 9.17) is 0 Å². The highest BCUT2D eigenvalue weighted by Crippen LogP contribution is 2.35. The van der Waals surface area contributed by atoms with Gasteiger partial charge in [-0.15, -0.1) is 0 Å². The lowest BCUT2D eigenvalue weighted by molar-refractivity contribution is -0.137. The zero-order chi connectivity index (χ0) is 22.1. The Balaban J connectivity index is 1.67. The summed E-state index contributed by atoms with van der Waals surface area (Å²) in [4.78, 5) is 19.9. The van der Waals surface area contributed by atoms with E-state index >= 15 is 0 Å². The summed E-state index contributed by atoms with van der Waals surface area (Å²) in [5.41, 5.74) is 1.12. The highest BCUT2D eigenvalue weighted by molar-refractivity contribution is 5.89. The Morgan fingerprint density at radius 3 is 2.33 bits per heavy atom. The van der Waals surface area contributed by atoms with Crippen LogP contribution in [0.15, 0.2) is 42.6 Å². The SMILES string of the molecule is CC1CN(c2ncccc2C(F)(F)F)CCN1C(=O)Nc1ccc(C(C)(C)C)cc1. The van der Waals surface area contributed by atoms with E-state index in [1.54, 1.807) is 9.80 Å². The van der Waals surface area contributed by atoms with Crippen molar-refractivity contribution < 1.29 is 18.0 Å². The van der Waals surface area contributed by atoms with Crippen molar-refractivity contribution in [2.24, 2.45) is 0 Å². The number of alkyl halides is 3. The van der Waals surface area contributed by atoms with Gasteiger partial charge in [0, 0.05) is 37.6 Å². The van der Waals surface area contributed by atoms with Gasteiger partial charge in [0.05, 0.1) is 5.56 Å². The predicted molar refractivity (Wildman–Crippen MR) is 112 cm³/mol. The van der Waals surface area contributed by atoms with E-state index in [1.807, 2.05) is 31.2 Å². The number of pyridine rings is 1. The number of hydrogen-bond donors (Lipinski definition) is 1. The van der Waals surface area contributed by atoms with Gasteiger partial charge in [0.25, 0.3) is 0 Å². The summed E-state index contributed by atoms with van der Waals surface area (Å²) in [7, 11) is 0. The first kappa shape index (κ1) is 21.9. The average Bonchev–Trinajstić information content (AvgIpc) is 2.67. The topological polar surface area (TPSA) is 48.5 Å². The molecule has 0 bridgehead atoms. The molecule has 5 nitrogen and oxygen atoms in total. The lowest BCUT2D eigenvalue weighted by Crippen LogP contribution is -2.55. The monoisotopic (exact) mass is 420 g/mol. The summed E-state index contributed by atoms with van der Waals surface area (Å²) in [6.07, 6.45) is -3.11. The largest absolute Gasteiger partial charge is 0.419 e. The third kappa shape index (κ3) is 4.86. The fraction of sp³-hybridized carbons (Fsp3) is 0.455. The maximum atomic E-state index is 13.3. The van der Waals surface area contributed by atoms with Crippen molar-refractivity contribution in [3.63, 3.8) is 0 Å². The lowest BCUT2D eigenvalue weighted by Gasteiger charge is -2.40. The molecule has 1 aromatic carbocycles. The minimum Gasteiger partial charge on any atom is -0.352 e. The minimum atomic E-state index is -4.47. The molecule has 162 valence electrons. The molecule has 1 N–H and O–H groups in total. The van der Waals surface area contributed by atoms with Gasteiger partial charge in [0.2, 0.25) is 0 Å². The fourth-order valence-corrected chi connectivity index (χ4v) is 3.57. The van der Waals surface area contributed by atoms with Crippen molar-refractivity contribution in [3.05, 3.63) is 53.7 Å². The second kappa shape index (κ2) is 8.16.